The van der Waals surface area contributed by atoms with E-state index in [1.165, 1.54) is 0 Å². The number of nitrogens with one attached hydrogen (secondary N) is 1. The molecule has 0 bridgehead atoms. The highest BCUT2D eigenvalue weighted by atomic mass is 16.2. The molecule has 80 valence electrons. The molecule has 1 saturated heterocycles. The quantitative estimate of drug-likeness (QED) is 0.448. The molecule has 0 radical (unpaired) electrons. The Balaban J connectivity index is 2.43. The third-order valence-electron chi connectivity index (χ3n) is 2.63. The minimum Gasteiger partial charge on any atom is -0.370 e. The topological polar surface area (TPSA) is 73.4 Å². The lowest BCUT2D eigenvalue weighted by molar-refractivity contribution is -0.134. The summed E-state index contributed by atoms with van der Waals surface area (Å²) in [6, 6.07) is 0. The van der Waals surface area contributed by atoms with Crippen molar-refractivity contribution in [3.8, 4) is 0 Å². The Morgan fingerprint density at radius 1 is 1.43 bits per heavy atom. The van der Waals surface area contributed by atoms with Gasteiger partial charge in [0, 0.05) is 33.1 Å². The SMILES string of the molecule is CN(C)C(=O)C1CCN(C(=N)N)CC1. The number of nitrogens with zero attached hydrogens (tertiary/aromatic N) is 2. The fraction of sp³-hybridized carbons (Fsp3) is 0.778. The molecule has 1 fully saturated rings. The largest absolute Gasteiger partial charge is 0.370 e. The summed E-state index contributed by atoms with van der Waals surface area (Å²) in [5, 5.41) is 7.25. The van der Waals surface area contributed by atoms with E-state index in [1.807, 2.05) is 0 Å². The normalized spacial score (nSPS) is 18.0. The van der Waals surface area contributed by atoms with Gasteiger partial charge in [-0.15, -0.1) is 0 Å². The zero-order valence-electron chi connectivity index (χ0n) is 8.79. The first-order chi connectivity index (χ1) is 6.52. The van der Waals surface area contributed by atoms with E-state index >= 15 is 0 Å². The van der Waals surface area contributed by atoms with Crippen LogP contribution < -0.4 is 5.73 Å². The van der Waals surface area contributed by atoms with Gasteiger partial charge in [0.2, 0.25) is 5.91 Å². The molecule has 0 aliphatic carbocycles. The highest BCUT2D eigenvalue weighted by molar-refractivity contribution is 5.79. The molecule has 0 atom stereocenters. The monoisotopic (exact) mass is 198 g/mol. The van der Waals surface area contributed by atoms with Crippen molar-refractivity contribution >= 4 is 11.9 Å². The number of carbonyl (C=O) groups is 1. The van der Waals surface area contributed by atoms with Crippen molar-refractivity contribution in [3.63, 3.8) is 0 Å². The minimum absolute atomic E-state index is 0.112. The van der Waals surface area contributed by atoms with Gasteiger partial charge in [-0.05, 0) is 12.8 Å². The molecule has 0 aromatic heterocycles. The Morgan fingerprint density at radius 3 is 2.29 bits per heavy atom. The number of piperidine rings is 1. The van der Waals surface area contributed by atoms with Crippen LogP contribution in [-0.4, -0.2) is 48.9 Å². The van der Waals surface area contributed by atoms with Crippen LogP contribution in [0.15, 0.2) is 0 Å². The predicted molar refractivity (Wildman–Crippen MR) is 54.9 cm³/mol. The summed E-state index contributed by atoms with van der Waals surface area (Å²) in [5.74, 6) is 0.412. The summed E-state index contributed by atoms with van der Waals surface area (Å²) in [6.45, 7) is 1.44. The van der Waals surface area contributed by atoms with E-state index in [9.17, 15) is 4.79 Å². The number of likely N-dealkylation sites (tertiary alicyclic amines) is 1. The summed E-state index contributed by atoms with van der Waals surface area (Å²) >= 11 is 0. The maximum Gasteiger partial charge on any atom is 0.225 e. The Hall–Kier alpha value is -1.26. The van der Waals surface area contributed by atoms with Crippen molar-refractivity contribution in [1.82, 2.24) is 9.80 Å². The minimum atomic E-state index is 0.112. The Labute approximate surface area is 84.4 Å². The molecule has 1 aliphatic rings. The Bertz CT molecular complexity index is 231. The van der Waals surface area contributed by atoms with Crippen LogP contribution in [0.3, 0.4) is 0 Å². The van der Waals surface area contributed by atoms with Gasteiger partial charge in [-0.1, -0.05) is 0 Å². The van der Waals surface area contributed by atoms with Crippen LogP contribution in [-0.2, 0) is 4.79 Å². The summed E-state index contributed by atoms with van der Waals surface area (Å²) in [4.78, 5) is 15.0. The predicted octanol–water partition coefficient (Wildman–Crippen LogP) is -0.320. The van der Waals surface area contributed by atoms with Gasteiger partial charge in [0.05, 0.1) is 0 Å². The van der Waals surface area contributed by atoms with Gasteiger partial charge in [0.1, 0.15) is 0 Å². The molecule has 5 heteroatoms. The number of guanidine groups is 1. The number of hydrogen-bond donors (Lipinski definition) is 2. The lowest BCUT2D eigenvalue weighted by Gasteiger charge is -2.32. The first-order valence-corrected chi connectivity index (χ1v) is 4.82. The molecule has 0 aromatic rings. The van der Waals surface area contributed by atoms with Crippen molar-refractivity contribution < 1.29 is 4.79 Å². The number of rotatable bonds is 1. The molecule has 1 heterocycles. The van der Waals surface area contributed by atoms with E-state index in [4.69, 9.17) is 11.1 Å². The van der Waals surface area contributed by atoms with E-state index in [0.717, 1.165) is 25.9 Å². The highest BCUT2D eigenvalue weighted by Crippen LogP contribution is 2.18. The lowest BCUT2D eigenvalue weighted by atomic mass is 9.96. The highest BCUT2D eigenvalue weighted by Gasteiger charge is 2.26. The summed E-state index contributed by atoms with van der Waals surface area (Å²) in [7, 11) is 3.55. The summed E-state index contributed by atoms with van der Waals surface area (Å²) in [6.07, 6.45) is 1.60. The van der Waals surface area contributed by atoms with E-state index in [2.05, 4.69) is 0 Å². The molecular formula is C9H18N4O. The average molecular weight is 198 g/mol. The van der Waals surface area contributed by atoms with Crippen molar-refractivity contribution in [2.45, 2.75) is 12.8 Å². The third kappa shape index (κ3) is 2.37. The standard InChI is InChI=1S/C9H18N4O/c1-12(2)8(14)7-3-5-13(6-4-7)9(10)11/h7H,3-6H2,1-2H3,(H3,10,11). The van der Waals surface area contributed by atoms with Gasteiger partial charge < -0.3 is 15.5 Å². The van der Waals surface area contributed by atoms with Crippen LogP contribution >= 0.6 is 0 Å². The Morgan fingerprint density at radius 2 is 1.93 bits per heavy atom. The van der Waals surface area contributed by atoms with Crippen molar-refractivity contribution in [2.24, 2.45) is 11.7 Å². The van der Waals surface area contributed by atoms with Crippen LogP contribution in [0.2, 0.25) is 0 Å². The van der Waals surface area contributed by atoms with Crippen LogP contribution in [0.4, 0.5) is 0 Å². The molecule has 3 N–H and O–H groups in total. The second kappa shape index (κ2) is 4.30. The van der Waals surface area contributed by atoms with Gasteiger partial charge in [-0.3, -0.25) is 10.2 Å². The molecule has 0 aromatic carbocycles. The second-order valence-corrected chi connectivity index (χ2v) is 3.88. The number of amides is 1. The van der Waals surface area contributed by atoms with Crippen LogP contribution in [0.5, 0.6) is 0 Å². The van der Waals surface area contributed by atoms with Crippen LogP contribution in [0, 0.1) is 11.3 Å². The van der Waals surface area contributed by atoms with Gasteiger partial charge in [-0.2, -0.15) is 0 Å². The molecule has 1 amide bonds. The third-order valence-corrected chi connectivity index (χ3v) is 2.63. The fourth-order valence-electron chi connectivity index (χ4n) is 1.73. The first kappa shape index (κ1) is 10.8. The average Bonchev–Trinajstić information content (AvgIpc) is 2.16. The van der Waals surface area contributed by atoms with Crippen molar-refractivity contribution in [1.29, 1.82) is 5.41 Å². The van der Waals surface area contributed by atoms with E-state index in [1.54, 1.807) is 23.9 Å². The van der Waals surface area contributed by atoms with E-state index < -0.39 is 0 Å². The molecule has 1 rings (SSSR count). The van der Waals surface area contributed by atoms with Crippen molar-refractivity contribution in [2.75, 3.05) is 27.2 Å². The zero-order valence-corrected chi connectivity index (χ0v) is 8.79. The first-order valence-electron chi connectivity index (χ1n) is 4.82. The maximum absolute atomic E-state index is 11.6. The molecule has 0 spiro atoms. The lowest BCUT2D eigenvalue weighted by Crippen LogP contribution is -2.45. The van der Waals surface area contributed by atoms with Crippen LogP contribution in [0.1, 0.15) is 12.8 Å². The smallest absolute Gasteiger partial charge is 0.225 e. The summed E-state index contributed by atoms with van der Waals surface area (Å²) in [5.41, 5.74) is 5.36. The Kier molecular flexibility index (Phi) is 3.33. The molecular weight excluding hydrogens is 180 g/mol. The maximum atomic E-state index is 11.6. The summed E-state index contributed by atoms with van der Waals surface area (Å²) < 4.78 is 0. The number of carbonyl (C=O) groups excluding carboxylic acids is 1. The van der Waals surface area contributed by atoms with E-state index in [-0.39, 0.29) is 17.8 Å². The number of nitrogens with two attached hydrogens (primary N) is 1. The second-order valence-electron chi connectivity index (χ2n) is 3.88. The molecule has 14 heavy (non-hydrogen) atoms. The van der Waals surface area contributed by atoms with Gasteiger partial charge in [0.15, 0.2) is 5.96 Å². The molecule has 5 nitrogen and oxygen atoms in total. The molecule has 0 saturated carbocycles. The fourth-order valence-corrected chi connectivity index (χ4v) is 1.73. The van der Waals surface area contributed by atoms with Crippen LogP contribution in [0.25, 0.3) is 0 Å². The zero-order chi connectivity index (χ0) is 10.7. The van der Waals surface area contributed by atoms with Gasteiger partial charge in [-0.25, -0.2) is 0 Å². The molecule has 0 unspecified atom stereocenters. The van der Waals surface area contributed by atoms with Gasteiger partial charge in [0.25, 0.3) is 0 Å². The number of hydrogen-bond acceptors (Lipinski definition) is 2. The van der Waals surface area contributed by atoms with Gasteiger partial charge >= 0.3 is 0 Å². The molecule has 1 aliphatic heterocycles. The van der Waals surface area contributed by atoms with E-state index in [0.29, 0.717) is 0 Å². The van der Waals surface area contributed by atoms with Crippen molar-refractivity contribution in [3.05, 3.63) is 0 Å².